The summed E-state index contributed by atoms with van der Waals surface area (Å²) in [5, 5.41) is 16.6. The number of benzene rings is 1. The summed E-state index contributed by atoms with van der Waals surface area (Å²) < 4.78 is 1.80. The maximum Gasteiger partial charge on any atom is 0.175 e. The highest BCUT2D eigenvalue weighted by atomic mass is 16.4. The lowest BCUT2D eigenvalue weighted by Gasteiger charge is -2.31. The fourth-order valence-corrected chi connectivity index (χ4v) is 3.04. The van der Waals surface area contributed by atoms with E-state index in [0.717, 1.165) is 31.0 Å². The van der Waals surface area contributed by atoms with Gasteiger partial charge >= 0.3 is 0 Å². The number of nitrogens with zero attached hydrogens (tertiary/aromatic N) is 4. The van der Waals surface area contributed by atoms with Crippen molar-refractivity contribution in [2.45, 2.75) is 19.9 Å². The van der Waals surface area contributed by atoms with E-state index in [1.54, 1.807) is 4.68 Å². The number of rotatable bonds is 2. The Morgan fingerprint density at radius 2 is 2.05 bits per heavy atom. The van der Waals surface area contributed by atoms with Crippen LogP contribution in [0.1, 0.15) is 22.4 Å². The molecule has 2 aromatic rings. The number of hydrogen-bond donors (Lipinski definition) is 2. The van der Waals surface area contributed by atoms with Gasteiger partial charge in [0.1, 0.15) is 5.82 Å². The smallest absolute Gasteiger partial charge is 0.175 e. The number of nitrogens with two attached hydrogens (primary N) is 1. The van der Waals surface area contributed by atoms with E-state index in [0.29, 0.717) is 5.56 Å². The van der Waals surface area contributed by atoms with Crippen LogP contribution in [0.2, 0.25) is 0 Å². The largest absolute Gasteiger partial charge is 0.409 e. The number of aromatic nitrogens is 2. The first kappa shape index (κ1) is 13.5. The second-order valence-corrected chi connectivity index (χ2v) is 5.33. The summed E-state index contributed by atoms with van der Waals surface area (Å²) in [7, 11) is 1.89. The summed E-state index contributed by atoms with van der Waals surface area (Å²) in [5.74, 6) is 1.01. The SMILES string of the molecule is Cc1nn(C)c(N2CCc3ccccc3C2)c1C(N)=NO. The molecule has 0 atom stereocenters. The molecule has 6 nitrogen and oxygen atoms in total. The molecular weight excluding hydrogens is 266 g/mol. The molecule has 0 aliphatic carbocycles. The van der Waals surface area contributed by atoms with Gasteiger partial charge in [0.15, 0.2) is 5.84 Å². The minimum Gasteiger partial charge on any atom is -0.409 e. The average molecular weight is 285 g/mol. The molecule has 0 spiro atoms. The Bertz CT molecular complexity index is 704. The van der Waals surface area contributed by atoms with Gasteiger partial charge in [-0.3, -0.25) is 4.68 Å². The van der Waals surface area contributed by atoms with Crippen LogP contribution in [-0.2, 0) is 20.0 Å². The van der Waals surface area contributed by atoms with E-state index in [9.17, 15) is 0 Å². The van der Waals surface area contributed by atoms with Crippen molar-refractivity contribution in [1.29, 1.82) is 0 Å². The fraction of sp³-hybridized carbons (Fsp3) is 0.333. The molecule has 6 heteroatoms. The molecule has 2 heterocycles. The van der Waals surface area contributed by atoms with Crippen molar-refractivity contribution in [2.24, 2.45) is 17.9 Å². The molecule has 0 saturated carbocycles. The predicted molar refractivity (Wildman–Crippen MR) is 81.7 cm³/mol. The van der Waals surface area contributed by atoms with Gasteiger partial charge in [-0.2, -0.15) is 5.10 Å². The Balaban J connectivity index is 2.03. The summed E-state index contributed by atoms with van der Waals surface area (Å²) in [6, 6.07) is 8.45. The molecule has 3 N–H and O–H groups in total. The summed E-state index contributed by atoms with van der Waals surface area (Å²) in [6.45, 7) is 3.57. The average Bonchev–Trinajstić information content (AvgIpc) is 2.80. The first-order valence-electron chi connectivity index (χ1n) is 6.95. The zero-order chi connectivity index (χ0) is 15.0. The first-order valence-corrected chi connectivity index (χ1v) is 6.95. The minimum atomic E-state index is 0.106. The van der Waals surface area contributed by atoms with E-state index < -0.39 is 0 Å². The number of amidine groups is 1. The van der Waals surface area contributed by atoms with E-state index in [1.807, 2.05) is 14.0 Å². The van der Waals surface area contributed by atoms with E-state index in [-0.39, 0.29) is 5.84 Å². The Morgan fingerprint density at radius 3 is 2.76 bits per heavy atom. The van der Waals surface area contributed by atoms with E-state index in [4.69, 9.17) is 10.9 Å². The summed E-state index contributed by atoms with van der Waals surface area (Å²) >= 11 is 0. The molecule has 1 aliphatic heterocycles. The van der Waals surface area contributed by atoms with Crippen LogP contribution in [0.3, 0.4) is 0 Å². The second kappa shape index (κ2) is 5.12. The third kappa shape index (κ3) is 2.22. The van der Waals surface area contributed by atoms with Crippen molar-refractivity contribution < 1.29 is 5.21 Å². The fourth-order valence-electron chi connectivity index (χ4n) is 3.04. The van der Waals surface area contributed by atoms with Gasteiger partial charge in [-0.15, -0.1) is 0 Å². The predicted octanol–water partition coefficient (Wildman–Crippen LogP) is 1.39. The van der Waals surface area contributed by atoms with Crippen LogP contribution in [0.25, 0.3) is 0 Å². The molecule has 0 saturated heterocycles. The zero-order valence-electron chi connectivity index (χ0n) is 12.2. The van der Waals surface area contributed by atoms with Crippen LogP contribution in [0.15, 0.2) is 29.4 Å². The Morgan fingerprint density at radius 1 is 1.33 bits per heavy atom. The van der Waals surface area contributed by atoms with E-state index in [1.165, 1.54) is 11.1 Å². The topological polar surface area (TPSA) is 79.7 Å². The monoisotopic (exact) mass is 285 g/mol. The van der Waals surface area contributed by atoms with E-state index in [2.05, 4.69) is 39.4 Å². The van der Waals surface area contributed by atoms with Gasteiger partial charge < -0.3 is 15.8 Å². The third-order valence-electron chi connectivity index (χ3n) is 3.99. The van der Waals surface area contributed by atoms with Crippen molar-refractivity contribution in [3.8, 4) is 0 Å². The maximum absolute atomic E-state index is 9.01. The Kier molecular flexibility index (Phi) is 3.29. The van der Waals surface area contributed by atoms with Gasteiger partial charge in [0.05, 0.1) is 11.3 Å². The number of fused-ring (bicyclic) bond motifs is 1. The van der Waals surface area contributed by atoms with Gasteiger partial charge in [0.25, 0.3) is 0 Å². The molecule has 1 aromatic heterocycles. The Labute approximate surface area is 123 Å². The van der Waals surface area contributed by atoms with Crippen LogP contribution in [-0.4, -0.2) is 27.4 Å². The van der Waals surface area contributed by atoms with Crippen molar-refractivity contribution in [3.05, 3.63) is 46.6 Å². The third-order valence-corrected chi connectivity index (χ3v) is 3.99. The molecule has 0 fully saturated rings. The van der Waals surface area contributed by atoms with Crippen molar-refractivity contribution in [3.63, 3.8) is 0 Å². The summed E-state index contributed by atoms with van der Waals surface area (Å²) in [6.07, 6.45) is 0.982. The molecule has 0 amide bonds. The van der Waals surface area contributed by atoms with Crippen molar-refractivity contribution >= 4 is 11.7 Å². The molecule has 110 valence electrons. The van der Waals surface area contributed by atoms with Gasteiger partial charge in [0.2, 0.25) is 0 Å². The molecular formula is C15H19N5O. The first-order chi connectivity index (χ1) is 10.1. The molecule has 0 unspecified atom stereocenters. The molecule has 0 bridgehead atoms. The van der Waals surface area contributed by atoms with Crippen LogP contribution >= 0.6 is 0 Å². The number of aryl methyl sites for hydroxylation is 2. The number of oxime groups is 1. The van der Waals surface area contributed by atoms with Crippen LogP contribution < -0.4 is 10.6 Å². The summed E-state index contributed by atoms with van der Waals surface area (Å²) in [4.78, 5) is 2.23. The lowest BCUT2D eigenvalue weighted by Crippen LogP contribution is -2.33. The lowest BCUT2D eigenvalue weighted by atomic mass is 9.99. The highest BCUT2D eigenvalue weighted by Gasteiger charge is 2.25. The van der Waals surface area contributed by atoms with Gasteiger partial charge in [0, 0.05) is 20.1 Å². The highest BCUT2D eigenvalue weighted by molar-refractivity contribution is 6.02. The maximum atomic E-state index is 9.01. The van der Waals surface area contributed by atoms with Crippen molar-refractivity contribution in [2.75, 3.05) is 11.4 Å². The van der Waals surface area contributed by atoms with Gasteiger partial charge in [-0.1, -0.05) is 29.4 Å². The van der Waals surface area contributed by atoms with Crippen LogP contribution in [0.4, 0.5) is 5.82 Å². The molecule has 1 aliphatic rings. The minimum absolute atomic E-state index is 0.106. The highest BCUT2D eigenvalue weighted by Crippen LogP contribution is 2.28. The number of anilines is 1. The molecule has 21 heavy (non-hydrogen) atoms. The normalized spacial score (nSPS) is 15.1. The Hall–Kier alpha value is -2.50. The van der Waals surface area contributed by atoms with Gasteiger partial charge in [-0.05, 0) is 24.5 Å². The van der Waals surface area contributed by atoms with Crippen LogP contribution in [0, 0.1) is 6.92 Å². The lowest BCUT2D eigenvalue weighted by molar-refractivity contribution is 0.318. The summed E-state index contributed by atoms with van der Waals surface area (Å²) in [5.41, 5.74) is 10.0. The molecule has 1 aromatic carbocycles. The molecule has 0 radical (unpaired) electrons. The standard InChI is InChI=1S/C15H19N5O/c1-10-13(14(16)18-21)15(19(2)17-10)20-8-7-11-5-3-4-6-12(11)9-20/h3-6,21H,7-9H2,1-2H3,(H2,16,18). The zero-order valence-corrected chi connectivity index (χ0v) is 12.2. The van der Waals surface area contributed by atoms with Gasteiger partial charge in [-0.25, -0.2) is 0 Å². The molecule has 3 rings (SSSR count). The second-order valence-electron chi connectivity index (χ2n) is 5.33. The van der Waals surface area contributed by atoms with Crippen molar-refractivity contribution in [1.82, 2.24) is 9.78 Å². The van der Waals surface area contributed by atoms with E-state index >= 15 is 0 Å². The van der Waals surface area contributed by atoms with Crippen LogP contribution in [0.5, 0.6) is 0 Å². The quantitative estimate of drug-likeness (QED) is 0.378. The number of hydrogen-bond acceptors (Lipinski definition) is 4.